The quantitative estimate of drug-likeness (QED) is 0.896. The van der Waals surface area contributed by atoms with Gasteiger partial charge in [0, 0.05) is 25.4 Å². The maximum atomic E-state index is 13.0. The number of halogens is 1. The van der Waals surface area contributed by atoms with Gasteiger partial charge in [-0.05, 0) is 37.5 Å². The van der Waals surface area contributed by atoms with E-state index in [0.717, 1.165) is 31.2 Å². The molecule has 1 spiro atoms. The largest absolute Gasteiger partial charge is 0.384 e. The summed E-state index contributed by atoms with van der Waals surface area (Å²) in [7, 11) is 0. The summed E-state index contributed by atoms with van der Waals surface area (Å²) in [6.07, 6.45) is 3.73. The molecular weight excluding hydrogens is 285 g/mol. The number of rotatable bonds is 4. The van der Waals surface area contributed by atoms with E-state index in [1.54, 1.807) is 19.1 Å². The van der Waals surface area contributed by atoms with Gasteiger partial charge in [-0.1, -0.05) is 12.1 Å². The second-order valence-electron chi connectivity index (χ2n) is 6.54. The predicted molar refractivity (Wildman–Crippen MR) is 80.9 cm³/mol. The number of benzene rings is 1. The van der Waals surface area contributed by atoms with Gasteiger partial charge < -0.3 is 19.9 Å². The van der Waals surface area contributed by atoms with E-state index in [2.05, 4.69) is 5.32 Å². The van der Waals surface area contributed by atoms with Crippen molar-refractivity contribution in [2.24, 2.45) is 0 Å². The summed E-state index contributed by atoms with van der Waals surface area (Å²) < 4.78 is 24.4. The fraction of sp³-hybridized carbons (Fsp3) is 0.647. The summed E-state index contributed by atoms with van der Waals surface area (Å²) >= 11 is 0. The van der Waals surface area contributed by atoms with Crippen molar-refractivity contribution in [3.63, 3.8) is 0 Å². The first kappa shape index (κ1) is 15.9. The highest BCUT2D eigenvalue weighted by molar-refractivity contribution is 5.22. The third kappa shape index (κ3) is 3.49. The van der Waals surface area contributed by atoms with Gasteiger partial charge in [0.25, 0.3) is 0 Å². The lowest BCUT2D eigenvalue weighted by atomic mass is 9.89. The van der Waals surface area contributed by atoms with E-state index in [-0.39, 0.29) is 11.6 Å². The minimum atomic E-state index is -1.01. The molecule has 1 atom stereocenters. The first-order valence-electron chi connectivity index (χ1n) is 7.99. The Labute approximate surface area is 130 Å². The molecule has 122 valence electrons. The predicted octanol–water partition coefficient (Wildman–Crippen LogP) is 2.31. The Morgan fingerprint density at radius 3 is 2.41 bits per heavy atom. The van der Waals surface area contributed by atoms with Gasteiger partial charge >= 0.3 is 0 Å². The highest BCUT2D eigenvalue weighted by Gasteiger charge is 2.40. The molecule has 1 aromatic rings. The molecule has 1 saturated heterocycles. The van der Waals surface area contributed by atoms with E-state index < -0.39 is 5.60 Å². The third-order valence-corrected chi connectivity index (χ3v) is 4.76. The molecule has 0 unspecified atom stereocenters. The molecule has 1 aliphatic carbocycles. The Morgan fingerprint density at radius 1 is 1.23 bits per heavy atom. The molecule has 0 amide bonds. The fourth-order valence-electron chi connectivity index (χ4n) is 3.30. The molecule has 1 heterocycles. The SMILES string of the molecule is C[C@@](O)(CNC1CCC2(CC1)OCCO2)c1ccc(F)cc1. The molecule has 1 aliphatic heterocycles. The van der Waals surface area contributed by atoms with Crippen molar-refractivity contribution in [2.75, 3.05) is 19.8 Å². The number of nitrogens with one attached hydrogen (secondary N) is 1. The summed E-state index contributed by atoms with van der Waals surface area (Å²) in [5.74, 6) is -0.640. The van der Waals surface area contributed by atoms with Gasteiger partial charge in [-0.2, -0.15) is 0 Å². The third-order valence-electron chi connectivity index (χ3n) is 4.76. The normalized spacial score (nSPS) is 24.5. The minimum absolute atomic E-state index is 0.290. The van der Waals surface area contributed by atoms with Crippen LogP contribution in [0.4, 0.5) is 4.39 Å². The van der Waals surface area contributed by atoms with Crippen LogP contribution in [0.25, 0.3) is 0 Å². The van der Waals surface area contributed by atoms with Gasteiger partial charge in [0.1, 0.15) is 5.82 Å². The molecule has 3 rings (SSSR count). The van der Waals surface area contributed by atoms with Crippen LogP contribution in [0.2, 0.25) is 0 Å². The maximum Gasteiger partial charge on any atom is 0.168 e. The molecular formula is C17H24FNO3. The molecule has 2 N–H and O–H groups in total. The molecule has 2 aliphatic rings. The smallest absolute Gasteiger partial charge is 0.168 e. The lowest BCUT2D eigenvalue weighted by molar-refractivity contribution is -0.179. The molecule has 0 bridgehead atoms. The molecule has 4 nitrogen and oxygen atoms in total. The molecule has 1 aromatic carbocycles. The van der Waals surface area contributed by atoms with E-state index in [4.69, 9.17) is 9.47 Å². The van der Waals surface area contributed by atoms with E-state index in [9.17, 15) is 9.50 Å². The molecule has 2 fully saturated rings. The Kier molecular flexibility index (Phi) is 4.50. The van der Waals surface area contributed by atoms with Crippen LogP contribution in [0, 0.1) is 5.82 Å². The van der Waals surface area contributed by atoms with Crippen LogP contribution in [-0.2, 0) is 15.1 Å². The van der Waals surface area contributed by atoms with E-state index in [0.29, 0.717) is 25.8 Å². The molecule has 1 saturated carbocycles. The van der Waals surface area contributed by atoms with E-state index >= 15 is 0 Å². The second-order valence-corrected chi connectivity index (χ2v) is 6.54. The van der Waals surface area contributed by atoms with Crippen LogP contribution < -0.4 is 5.32 Å². The van der Waals surface area contributed by atoms with Gasteiger partial charge in [0.15, 0.2) is 5.79 Å². The van der Waals surface area contributed by atoms with Crippen molar-refractivity contribution in [3.8, 4) is 0 Å². The number of hydrogen-bond acceptors (Lipinski definition) is 4. The van der Waals surface area contributed by atoms with E-state index in [1.165, 1.54) is 12.1 Å². The summed E-state index contributed by atoms with van der Waals surface area (Å²) in [5, 5.41) is 14.0. The van der Waals surface area contributed by atoms with Crippen molar-refractivity contribution in [3.05, 3.63) is 35.6 Å². The van der Waals surface area contributed by atoms with Crippen molar-refractivity contribution in [2.45, 2.75) is 50.0 Å². The minimum Gasteiger partial charge on any atom is -0.384 e. The summed E-state index contributed by atoms with van der Waals surface area (Å²) in [6.45, 7) is 3.58. The summed E-state index contributed by atoms with van der Waals surface area (Å²) in [4.78, 5) is 0. The second kappa shape index (κ2) is 6.24. The first-order chi connectivity index (χ1) is 10.5. The maximum absolute atomic E-state index is 13.0. The van der Waals surface area contributed by atoms with Gasteiger partial charge in [-0.3, -0.25) is 0 Å². The highest BCUT2D eigenvalue weighted by Crippen LogP contribution is 2.35. The van der Waals surface area contributed by atoms with Crippen molar-refractivity contribution in [1.29, 1.82) is 0 Å². The average Bonchev–Trinajstić information content (AvgIpc) is 2.96. The summed E-state index contributed by atoms with van der Waals surface area (Å²) in [5.41, 5.74) is -0.292. The van der Waals surface area contributed by atoms with Crippen LogP contribution in [0.1, 0.15) is 38.2 Å². The molecule has 22 heavy (non-hydrogen) atoms. The van der Waals surface area contributed by atoms with Crippen LogP contribution in [0.5, 0.6) is 0 Å². The van der Waals surface area contributed by atoms with E-state index in [1.807, 2.05) is 0 Å². The molecule has 0 aromatic heterocycles. The average molecular weight is 309 g/mol. The van der Waals surface area contributed by atoms with Crippen LogP contribution >= 0.6 is 0 Å². The van der Waals surface area contributed by atoms with Gasteiger partial charge in [-0.25, -0.2) is 4.39 Å². The van der Waals surface area contributed by atoms with Gasteiger partial charge in [-0.15, -0.1) is 0 Å². The zero-order valence-electron chi connectivity index (χ0n) is 13.0. The van der Waals surface area contributed by atoms with Crippen molar-refractivity contribution < 1.29 is 19.0 Å². The van der Waals surface area contributed by atoms with Crippen LogP contribution in [0.15, 0.2) is 24.3 Å². The zero-order chi connectivity index (χ0) is 15.6. The standard InChI is InChI=1S/C17H24FNO3/c1-16(20,13-2-4-14(18)5-3-13)12-19-15-6-8-17(9-7-15)21-10-11-22-17/h2-5,15,19-20H,6-12H2,1H3/t16-/m1/s1. The Bertz CT molecular complexity index is 487. The lowest BCUT2D eigenvalue weighted by Gasteiger charge is -2.37. The fourth-order valence-corrected chi connectivity index (χ4v) is 3.30. The Balaban J connectivity index is 1.51. The van der Waals surface area contributed by atoms with Crippen LogP contribution in [0.3, 0.4) is 0 Å². The van der Waals surface area contributed by atoms with Gasteiger partial charge in [0.05, 0.1) is 18.8 Å². The zero-order valence-corrected chi connectivity index (χ0v) is 13.0. The van der Waals surface area contributed by atoms with Crippen LogP contribution in [-0.4, -0.2) is 36.7 Å². The Morgan fingerprint density at radius 2 is 1.82 bits per heavy atom. The topological polar surface area (TPSA) is 50.7 Å². The highest BCUT2D eigenvalue weighted by atomic mass is 19.1. The first-order valence-corrected chi connectivity index (χ1v) is 7.99. The number of hydrogen-bond donors (Lipinski definition) is 2. The summed E-state index contributed by atoms with van der Waals surface area (Å²) in [6, 6.07) is 6.37. The molecule has 0 radical (unpaired) electrons. The monoisotopic (exact) mass is 309 g/mol. The molecule has 5 heteroatoms. The number of aliphatic hydroxyl groups is 1. The van der Waals surface area contributed by atoms with Crippen molar-refractivity contribution >= 4 is 0 Å². The van der Waals surface area contributed by atoms with Gasteiger partial charge in [0.2, 0.25) is 0 Å². The number of ether oxygens (including phenoxy) is 2. The Hall–Kier alpha value is -1.01. The van der Waals surface area contributed by atoms with Crippen molar-refractivity contribution in [1.82, 2.24) is 5.32 Å². The lowest BCUT2D eigenvalue weighted by Crippen LogP contribution is -2.46.